The Morgan fingerprint density at radius 1 is 1.15 bits per heavy atom. The maximum atomic E-state index is 11.6. The number of fused-ring (bicyclic) bond motifs is 2. The number of aliphatic hydroxyl groups is 1. The topological polar surface area (TPSA) is 55.8 Å². The van der Waals surface area contributed by atoms with Crippen LogP contribution in [0, 0.1) is 0 Å². The van der Waals surface area contributed by atoms with Crippen molar-refractivity contribution in [3.8, 4) is 0 Å². The molecule has 0 saturated carbocycles. The van der Waals surface area contributed by atoms with E-state index in [-0.39, 0.29) is 5.88 Å². The number of hydrazine groups is 1. The smallest absolute Gasteiger partial charge is 0.237 e. The summed E-state index contributed by atoms with van der Waals surface area (Å²) < 4.78 is 11.6. The molecule has 0 spiro atoms. The van der Waals surface area contributed by atoms with Crippen LogP contribution in [0.3, 0.4) is 0 Å². The standard InChI is InChI=1S/C19H18ClN3O2S/c1-26(25)11-10-22-12-13-4-2-3-5-16(13)17-18(22)19(24)23(21-17)15-8-6-14(20)7-9-15/h2-9,12,21,24H,10-11H2,1H3. The van der Waals surface area contributed by atoms with Gasteiger partial charge in [-0.1, -0.05) is 35.9 Å². The first-order valence-corrected chi connectivity index (χ1v) is 10.3. The summed E-state index contributed by atoms with van der Waals surface area (Å²) in [5, 5.41) is 15.2. The highest BCUT2D eigenvalue weighted by Gasteiger charge is 2.33. The molecule has 2 aliphatic heterocycles. The highest BCUT2D eigenvalue weighted by Crippen LogP contribution is 2.31. The van der Waals surface area contributed by atoms with Gasteiger partial charge in [0.25, 0.3) is 0 Å². The zero-order valence-electron chi connectivity index (χ0n) is 14.1. The van der Waals surface area contributed by atoms with Gasteiger partial charge in [0, 0.05) is 51.0 Å². The Bertz CT molecular complexity index is 1030. The van der Waals surface area contributed by atoms with Crippen LogP contribution in [0.4, 0.5) is 5.69 Å². The molecule has 0 aromatic heterocycles. The lowest BCUT2D eigenvalue weighted by Gasteiger charge is -2.24. The molecule has 1 atom stereocenters. The molecule has 0 amide bonds. The van der Waals surface area contributed by atoms with Crippen molar-refractivity contribution < 1.29 is 9.32 Å². The molecule has 2 aliphatic rings. The number of rotatable bonds is 4. The molecule has 2 N–H and O–H groups in total. The lowest BCUT2D eigenvalue weighted by atomic mass is 10.1. The van der Waals surface area contributed by atoms with E-state index < -0.39 is 10.8 Å². The fraction of sp³-hybridized carbons (Fsp3) is 0.158. The van der Waals surface area contributed by atoms with Crippen molar-refractivity contribution in [2.75, 3.05) is 23.6 Å². The predicted molar refractivity (Wildman–Crippen MR) is 106 cm³/mol. The number of hydrogen-bond acceptors (Lipinski definition) is 5. The van der Waals surface area contributed by atoms with Gasteiger partial charge in [-0.05, 0) is 24.3 Å². The predicted octanol–water partition coefficient (Wildman–Crippen LogP) is 1.63. The molecule has 2 aromatic rings. The van der Waals surface area contributed by atoms with Gasteiger partial charge < -0.3 is 10.0 Å². The summed E-state index contributed by atoms with van der Waals surface area (Å²) in [6.45, 7) is 0.552. The molecule has 134 valence electrons. The summed E-state index contributed by atoms with van der Waals surface area (Å²) in [6, 6.07) is 15.2. The number of anilines is 1. The molecule has 0 bridgehead atoms. The molecule has 0 radical (unpaired) electrons. The third-order valence-corrected chi connectivity index (χ3v) is 5.41. The Morgan fingerprint density at radius 2 is 1.88 bits per heavy atom. The van der Waals surface area contributed by atoms with Gasteiger partial charge in [0.15, 0.2) is 0 Å². The second-order valence-corrected chi connectivity index (χ2v) is 8.15. The number of nitrogens with one attached hydrogen (secondary N) is 1. The van der Waals surface area contributed by atoms with E-state index in [0.29, 0.717) is 23.0 Å². The average Bonchev–Trinajstić information content (AvgIpc) is 2.98. The fourth-order valence-electron chi connectivity index (χ4n) is 3.15. The van der Waals surface area contributed by atoms with Crippen LogP contribution in [0.15, 0.2) is 60.1 Å². The van der Waals surface area contributed by atoms with Crippen molar-refractivity contribution in [2.45, 2.75) is 0 Å². The first kappa shape index (κ1) is 17.0. The van der Waals surface area contributed by atoms with Crippen LogP contribution in [-0.4, -0.2) is 32.8 Å². The zero-order chi connectivity index (χ0) is 18.3. The first-order valence-electron chi connectivity index (χ1n) is 8.18. The van der Waals surface area contributed by atoms with Crippen LogP contribution in [0.25, 0.3) is 11.9 Å². The summed E-state index contributed by atoms with van der Waals surface area (Å²) in [6.07, 6.45) is 3.67. The van der Waals surface area contributed by atoms with Crippen LogP contribution >= 0.6 is 11.6 Å². The largest absolute Gasteiger partial charge is 0.492 e. The lowest BCUT2D eigenvalue weighted by molar-refractivity contribution is 0.371. The quantitative estimate of drug-likeness (QED) is 0.835. The molecule has 7 heteroatoms. The number of aliphatic hydroxyl groups excluding tert-OH is 1. The van der Waals surface area contributed by atoms with Crippen LogP contribution in [0.1, 0.15) is 0 Å². The van der Waals surface area contributed by atoms with E-state index in [4.69, 9.17) is 11.6 Å². The zero-order valence-corrected chi connectivity index (χ0v) is 15.7. The maximum absolute atomic E-state index is 11.6. The average molecular weight is 388 g/mol. The molecular weight excluding hydrogens is 370 g/mol. The first-order chi connectivity index (χ1) is 12.5. The molecular formula is C19H18ClN3O2S. The van der Waals surface area contributed by atoms with Crippen LogP contribution < -0.4 is 20.9 Å². The molecule has 26 heavy (non-hydrogen) atoms. The van der Waals surface area contributed by atoms with Crippen molar-refractivity contribution in [1.29, 1.82) is 0 Å². The summed E-state index contributed by atoms with van der Waals surface area (Å²) in [4.78, 5) is 1.96. The molecule has 0 saturated heterocycles. The molecule has 2 heterocycles. The van der Waals surface area contributed by atoms with Gasteiger partial charge in [0.05, 0.1) is 11.4 Å². The SMILES string of the molecule is CS(=O)CCN1C=c2ccccc2=C2NN(c3ccc(Cl)cc3)C(O)=C21. The molecule has 2 aromatic carbocycles. The summed E-state index contributed by atoms with van der Waals surface area (Å²) >= 11 is 5.98. The number of halogens is 1. The molecule has 4 rings (SSSR count). The fourth-order valence-corrected chi connectivity index (χ4v) is 3.72. The third kappa shape index (κ3) is 2.95. The van der Waals surface area contributed by atoms with Gasteiger partial charge >= 0.3 is 0 Å². The second-order valence-electron chi connectivity index (χ2n) is 6.16. The Hall–Kier alpha value is -2.44. The highest BCUT2D eigenvalue weighted by molar-refractivity contribution is 7.84. The Kier molecular flexibility index (Phi) is 4.38. The minimum atomic E-state index is -0.915. The summed E-state index contributed by atoms with van der Waals surface area (Å²) in [5.41, 5.74) is 5.59. The molecule has 0 aliphatic carbocycles. The monoisotopic (exact) mass is 387 g/mol. The van der Waals surface area contributed by atoms with Crippen molar-refractivity contribution >= 4 is 40.0 Å². The minimum absolute atomic E-state index is 0.106. The number of benzene rings is 2. The van der Waals surface area contributed by atoms with Gasteiger partial charge in [0.2, 0.25) is 5.88 Å². The molecule has 1 unspecified atom stereocenters. The van der Waals surface area contributed by atoms with Gasteiger partial charge in [-0.25, -0.2) is 5.01 Å². The van der Waals surface area contributed by atoms with Crippen molar-refractivity contribution in [2.24, 2.45) is 0 Å². The van der Waals surface area contributed by atoms with Gasteiger partial charge in [-0.3, -0.25) is 9.63 Å². The van der Waals surface area contributed by atoms with Crippen LogP contribution in [0.5, 0.6) is 0 Å². The normalized spacial score (nSPS) is 16.8. The Morgan fingerprint density at radius 3 is 2.62 bits per heavy atom. The van der Waals surface area contributed by atoms with Gasteiger partial charge in [-0.2, -0.15) is 0 Å². The Labute approximate surface area is 158 Å². The highest BCUT2D eigenvalue weighted by atomic mass is 35.5. The third-order valence-electron chi connectivity index (χ3n) is 4.40. The van der Waals surface area contributed by atoms with Gasteiger partial charge in [-0.15, -0.1) is 0 Å². The van der Waals surface area contributed by atoms with Crippen molar-refractivity contribution in [1.82, 2.24) is 10.3 Å². The molecule has 5 nitrogen and oxygen atoms in total. The van der Waals surface area contributed by atoms with Crippen LogP contribution in [-0.2, 0) is 10.8 Å². The number of hydrogen-bond donors (Lipinski definition) is 2. The Balaban J connectivity index is 1.84. The van der Waals surface area contributed by atoms with Gasteiger partial charge in [0.1, 0.15) is 5.70 Å². The molecule has 0 fully saturated rings. The van der Waals surface area contributed by atoms with E-state index in [1.165, 1.54) is 0 Å². The summed E-state index contributed by atoms with van der Waals surface area (Å²) in [7, 11) is -0.915. The van der Waals surface area contributed by atoms with E-state index in [0.717, 1.165) is 21.8 Å². The summed E-state index contributed by atoms with van der Waals surface area (Å²) in [5.74, 6) is 0.624. The van der Waals surface area contributed by atoms with E-state index >= 15 is 0 Å². The second kappa shape index (κ2) is 6.70. The number of nitrogens with zero attached hydrogens (tertiary/aromatic N) is 2. The van der Waals surface area contributed by atoms with E-state index in [1.54, 1.807) is 23.4 Å². The van der Waals surface area contributed by atoms with Crippen molar-refractivity contribution in [3.63, 3.8) is 0 Å². The van der Waals surface area contributed by atoms with E-state index in [1.807, 2.05) is 47.5 Å². The van der Waals surface area contributed by atoms with E-state index in [9.17, 15) is 9.32 Å². The lowest BCUT2D eigenvalue weighted by Crippen LogP contribution is -2.41. The maximum Gasteiger partial charge on any atom is 0.237 e. The van der Waals surface area contributed by atoms with Crippen molar-refractivity contribution in [3.05, 3.63) is 75.6 Å². The minimum Gasteiger partial charge on any atom is -0.492 e. The van der Waals surface area contributed by atoms with Crippen LogP contribution in [0.2, 0.25) is 5.02 Å². The van der Waals surface area contributed by atoms with E-state index in [2.05, 4.69) is 5.43 Å².